The molecule has 0 radical (unpaired) electrons. The van der Waals surface area contributed by atoms with E-state index in [2.05, 4.69) is 9.72 Å². The van der Waals surface area contributed by atoms with Gasteiger partial charge in [0, 0.05) is 17.1 Å². The maximum absolute atomic E-state index is 11.7. The number of pyridine rings is 1. The van der Waals surface area contributed by atoms with Crippen LogP contribution in [0.15, 0.2) is 36.5 Å². The molecular formula is C13H11NO3. The maximum atomic E-state index is 11.7. The number of hydrogen-bond acceptors (Lipinski definition) is 4. The second-order valence-electron chi connectivity index (χ2n) is 3.46. The van der Waals surface area contributed by atoms with Crippen LogP contribution in [0.5, 0.6) is 0 Å². The van der Waals surface area contributed by atoms with E-state index in [0.717, 1.165) is 5.39 Å². The van der Waals surface area contributed by atoms with Gasteiger partial charge >= 0.3 is 5.97 Å². The van der Waals surface area contributed by atoms with Crippen LogP contribution in [0, 0.1) is 0 Å². The van der Waals surface area contributed by atoms with Crippen molar-refractivity contribution in [1.29, 1.82) is 0 Å². The molecule has 0 unspecified atom stereocenters. The molecule has 86 valence electrons. The monoisotopic (exact) mass is 229 g/mol. The van der Waals surface area contributed by atoms with Gasteiger partial charge in [0.05, 0.1) is 12.1 Å². The number of esters is 1. The highest BCUT2D eigenvalue weighted by Gasteiger charge is 2.17. The molecule has 1 aromatic carbocycles. The Bertz CT molecular complexity index is 578. The standard InChI is InChI=1S/C13H11NO3/c1-2-17-13(16)12(15)10-6-5-9-4-3-7-14-11(9)8-10/h3-8H,2H2,1H3. The summed E-state index contributed by atoms with van der Waals surface area (Å²) >= 11 is 0. The van der Waals surface area contributed by atoms with Crippen molar-refractivity contribution in [3.63, 3.8) is 0 Å². The molecule has 2 aromatic rings. The molecule has 4 nitrogen and oxygen atoms in total. The molecule has 4 heteroatoms. The lowest BCUT2D eigenvalue weighted by Crippen LogP contribution is -2.17. The first-order valence-corrected chi connectivity index (χ1v) is 5.28. The summed E-state index contributed by atoms with van der Waals surface area (Å²) in [6.07, 6.45) is 1.64. The van der Waals surface area contributed by atoms with Crippen molar-refractivity contribution in [1.82, 2.24) is 4.98 Å². The maximum Gasteiger partial charge on any atom is 0.379 e. The summed E-state index contributed by atoms with van der Waals surface area (Å²) in [7, 11) is 0. The van der Waals surface area contributed by atoms with Gasteiger partial charge in [0.25, 0.3) is 5.78 Å². The Hall–Kier alpha value is -2.23. The Morgan fingerprint density at radius 3 is 2.88 bits per heavy atom. The fourth-order valence-corrected chi connectivity index (χ4v) is 1.52. The number of hydrogen-bond donors (Lipinski definition) is 0. The van der Waals surface area contributed by atoms with E-state index in [1.165, 1.54) is 0 Å². The van der Waals surface area contributed by atoms with Gasteiger partial charge in [0.1, 0.15) is 0 Å². The average molecular weight is 229 g/mol. The lowest BCUT2D eigenvalue weighted by atomic mass is 10.1. The molecule has 1 aromatic heterocycles. The van der Waals surface area contributed by atoms with Crippen molar-refractivity contribution in [2.24, 2.45) is 0 Å². The first-order chi connectivity index (χ1) is 8.22. The molecule has 0 aliphatic heterocycles. The van der Waals surface area contributed by atoms with Crippen LogP contribution in [-0.4, -0.2) is 23.3 Å². The van der Waals surface area contributed by atoms with Crippen LogP contribution in [0.4, 0.5) is 0 Å². The Labute approximate surface area is 98.2 Å². The van der Waals surface area contributed by atoms with Crippen LogP contribution in [0.3, 0.4) is 0 Å². The lowest BCUT2D eigenvalue weighted by Gasteiger charge is -2.02. The third kappa shape index (κ3) is 2.30. The number of carbonyl (C=O) groups excluding carboxylic acids is 2. The molecule has 0 bridgehead atoms. The van der Waals surface area contributed by atoms with Gasteiger partial charge in [0.2, 0.25) is 0 Å². The molecule has 0 fully saturated rings. The fraction of sp³-hybridized carbons (Fsp3) is 0.154. The summed E-state index contributed by atoms with van der Waals surface area (Å²) in [5.41, 5.74) is 0.984. The Balaban J connectivity index is 2.36. The molecule has 0 atom stereocenters. The number of nitrogens with zero attached hydrogens (tertiary/aromatic N) is 1. The number of rotatable bonds is 3. The number of aromatic nitrogens is 1. The fourth-order valence-electron chi connectivity index (χ4n) is 1.52. The average Bonchev–Trinajstić information content (AvgIpc) is 2.37. The first-order valence-electron chi connectivity index (χ1n) is 5.28. The van der Waals surface area contributed by atoms with Crippen LogP contribution in [0.2, 0.25) is 0 Å². The molecule has 0 aliphatic rings. The quantitative estimate of drug-likeness (QED) is 0.458. The molecule has 17 heavy (non-hydrogen) atoms. The second kappa shape index (κ2) is 4.74. The minimum Gasteiger partial charge on any atom is -0.460 e. The lowest BCUT2D eigenvalue weighted by molar-refractivity contribution is -0.137. The van der Waals surface area contributed by atoms with E-state index < -0.39 is 11.8 Å². The van der Waals surface area contributed by atoms with Crippen molar-refractivity contribution in [3.8, 4) is 0 Å². The Morgan fingerprint density at radius 1 is 1.29 bits per heavy atom. The normalized spacial score (nSPS) is 10.2. The van der Waals surface area contributed by atoms with Crippen LogP contribution >= 0.6 is 0 Å². The second-order valence-corrected chi connectivity index (χ2v) is 3.46. The molecule has 0 spiro atoms. The number of benzene rings is 1. The predicted octanol–water partition coefficient (Wildman–Crippen LogP) is 1.98. The highest BCUT2D eigenvalue weighted by molar-refractivity contribution is 6.40. The van der Waals surface area contributed by atoms with Gasteiger partial charge in [-0.2, -0.15) is 0 Å². The molecule has 1 heterocycles. The van der Waals surface area contributed by atoms with E-state index in [0.29, 0.717) is 11.1 Å². The zero-order valence-corrected chi connectivity index (χ0v) is 9.34. The summed E-state index contributed by atoms with van der Waals surface area (Å²) < 4.78 is 4.66. The minimum absolute atomic E-state index is 0.191. The zero-order chi connectivity index (χ0) is 12.3. The number of ether oxygens (including phenoxy) is 1. The van der Waals surface area contributed by atoms with Gasteiger partial charge in [-0.3, -0.25) is 9.78 Å². The van der Waals surface area contributed by atoms with Crippen LogP contribution in [-0.2, 0) is 9.53 Å². The van der Waals surface area contributed by atoms with E-state index in [1.54, 1.807) is 31.3 Å². The summed E-state index contributed by atoms with van der Waals surface area (Å²) in [4.78, 5) is 27.1. The van der Waals surface area contributed by atoms with Gasteiger partial charge < -0.3 is 4.74 Å². The smallest absolute Gasteiger partial charge is 0.379 e. The van der Waals surface area contributed by atoms with Crippen LogP contribution < -0.4 is 0 Å². The molecule has 2 rings (SSSR count). The molecule has 0 N–H and O–H groups in total. The van der Waals surface area contributed by atoms with Crippen molar-refractivity contribution in [2.75, 3.05) is 6.61 Å². The summed E-state index contributed by atoms with van der Waals surface area (Å²) in [6, 6.07) is 8.66. The van der Waals surface area contributed by atoms with Gasteiger partial charge in [-0.05, 0) is 19.1 Å². The molecule has 0 saturated heterocycles. The Kier molecular flexibility index (Phi) is 3.14. The van der Waals surface area contributed by atoms with Crippen LogP contribution in [0.1, 0.15) is 17.3 Å². The molecule has 0 amide bonds. The van der Waals surface area contributed by atoms with Crippen molar-refractivity contribution >= 4 is 22.7 Å². The largest absolute Gasteiger partial charge is 0.460 e. The third-order valence-corrected chi connectivity index (χ3v) is 2.33. The number of carbonyl (C=O) groups is 2. The van der Waals surface area contributed by atoms with Crippen molar-refractivity contribution in [2.45, 2.75) is 6.92 Å². The highest BCUT2D eigenvalue weighted by Crippen LogP contribution is 2.13. The third-order valence-electron chi connectivity index (χ3n) is 2.33. The topological polar surface area (TPSA) is 56.3 Å². The van der Waals surface area contributed by atoms with Crippen molar-refractivity contribution < 1.29 is 14.3 Å². The van der Waals surface area contributed by atoms with Gasteiger partial charge in [-0.1, -0.05) is 18.2 Å². The first kappa shape index (κ1) is 11.3. The molecule has 0 saturated carbocycles. The van der Waals surface area contributed by atoms with Crippen molar-refractivity contribution in [3.05, 3.63) is 42.1 Å². The number of Topliss-reactive ketones (excluding diaryl/α,β-unsaturated/α-hetero) is 1. The molecular weight excluding hydrogens is 218 g/mol. The highest BCUT2D eigenvalue weighted by atomic mass is 16.5. The summed E-state index contributed by atoms with van der Waals surface area (Å²) in [6.45, 7) is 1.85. The van der Waals surface area contributed by atoms with E-state index >= 15 is 0 Å². The van der Waals surface area contributed by atoms with Gasteiger partial charge in [0.15, 0.2) is 0 Å². The summed E-state index contributed by atoms with van der Waals surface area (Å²) in [5.74, 6) is -1.47. The van der Waals surface area contributed by atoms with Gasteiger partial charge in [-0.15, -0.1) is 0 Å². The zero-order valence-electron chi connectivity index (χ0n) is 9.34. The van der Waals surface area contributed by atoms with Crippen LogP contribution in [0.25, 0.3) is 10.9 Å². The minimum atomic E-state index is -0.831. The van der Waals surface area contributed by atoms with E-state index in [9.17, 15) is 9.59 Å². The number of ketones is 1. The summed E-state index contributed by atoms with van der Waals surface area (Å²) in [5, 5.41) is 0.924. The predicted molar refractivity (Wildman–Crippen MR) is 62.7 cm³/mol. The van der Waals surface area contributed by atoms with Gasteiger partial charge in [-0.25, -0.2) is 4.79 Å². The van der Waals surface area contributed by atoms with E-state index in [4.69, 9.17) is 0 Å². The Morgan fingerprint density at radius 2 is 2.12 bits per heavy atom. The van der Waals surface area contributed by atoms with E-state index in [-0.39, 0.29) is 6.61 Å². The molecule has 0 aliphatic carbocycles. The van der Waals surface area contributed by atoms with E-state index in [1.807, 2.05) is 12.1 Å². The number of fused-ring (bicyclic) bond motifs is 1. The SMILES string of the molecule is CCOC(=O)C(=O)c1ccc2cccnc2c1.